The van der Waals surface area contributed by atoms with Crippen LogP contribution in [0, 0.1) is 0 Å². The van der Waals surface area contributed by atoms with Crippen LogP contribution in [0.25, 0.3) is 5.69 Å². The summed E-state index contributed by atoms with van der Waals surface area (Å²) in [6.45, 7) is 1.92. The number of aromatic nitrogens is 2. The highest BCUT2D eigenvalue weighted by Gasteiger charge is 2.09. The third kappa shape index (κ3) is 2.44. The number of carbonyl (C=O) groups is 1. The molecule has 2 rings (SSSR count). The van der Waals surface area contributed by atoms with E-state index in [-0.39, 0.29) is 6.04 Å². The van der Waals surface area contributed by atoms with E-state index in [1.807, 2.05) is 25.1 Å². The van der Waals surface area contributed by atoms with Gasteiger partial charge in [-0.1, -0.05) is 6.07 Å². The molecule has 0 saturated heterocycles. The lowest BCUT2D eigenvalue weighted by Crippen LogP contribution is -2.09. The summed E-state index contributed by atoms with van der Waals surface area (Å²) < 4.78 is 2.45. The Hall–Kier alpha value is -1.66. The predicted octanol–water partition coefficient (Wildman–Crippen LogP) is 1.75. The van der Waals surface area contributed by atoms with Crippen molar-refractivity contribution >= 4 is 21.8 Å². The number of carbonyl (C=O) groups excluding carboxylic acids is 1. The van der Waals surface area contributed by atoms with Gasteiger partial charge in [0.25, 0.3) is 5.91 Å². The summed E-state index contributed by atoms with van der Waals surface area (Å²) in [7, 11) is 0. The standard InChI is InChI=1S/C12H13BrN4O/c1-7(14)8-2-3-11(10(13)4-8)17-6-9(5-16-17)12(15)18/h2-7H,14H2,1H3,(H2,15,18)/t7-/m0/s1. The van der Waals surface area contributed by atoms with Crippen LogP contribution < -0.4 is 11.5 Å². The van der Waals surface area contributed by atoms with Crippen molar-refractivity contribution in [3.8, 4) is 5.69 Å². The van der Waals surface area contributed by atoms with E-state index in [1.165, 1.54) is 6.20 Å². The molecule has 1 aromatic carbocycles. The van der Waals surface area contributed by atoms with Crippen LogP contribution in [-0.4, -0.2) is 15.7 Å². The van der Waals surface area contributed by atoms with Crippen LogP contribution in [0.1, 0.15) is 28.9 Å². The van der Waals surface area contributed by atoms with Crippen LogP contribution in [0.4, 0.5) is 0 Å². The van der Waals surface area contributed by atoms with Gasteiger partial charge in [-0.25, -0.2) is 4.68 Å². The molecule has 1 amide bonds. The van der Waals surface area contributed by atoms with Crippen LogP contribution in [-0.2, 0) is 0 Å². The van der Waals surface area contributed by atoms with Gasteiger partial charge in [0.2, 0.25) is 0 Å². The largest absolute Gasteiger partial charge is 0.366 e. The molecular formula is C12H13BrN4O. The second-order valence-electron chi connectivity index (χ2n) is 4.04. The normalized spacial score (nSPS) is 12.4. The van der Waals surface area contributed by atoms with E-state index in [2.05, 4.69) is 21.0 Å². The SMILES string of the molecule is C[C@H](N)c1ccc(-n2cc(C(N)=O)cn2)c(Br)c1. The Morgan fingerprint density at radius 3 is 2.72 bits per heavy atom. The maximum absolute atomic E-state index is 11.0. The Kier molecular flexibility index (Phi) is 3.49. The molecule has 4 N–H and O–H groups in total. The zero-order valence-corrected chi connectivity index (χ0v) is 11.4. The fraction of sp³-hybridized carbons (Fsp3) is 0.167. The lowest BCUT2D eigenvalue weighted by molar-refractivity contribution is 0.100. The molecule has 0 aliphatic carbocycles. The van der Waals surface area contributed by atoms with Crippen molar-refractivity contribution in [1.82, 2.24) is 9.78 Å². The van der Waals surface area contributed by atoms with Crippen molar-refractivity contribution in [2.45, 2.75) is 13.0 Å². The van der Waals surface area contributed by atoms with Crippen LogP contribution >= 0.6 is 15.9 Å². The zero-order chi connectivity index (χ0) is 13.3. The summed E-state index contributed by atoms with van der Waals surface area (Å²) in [6, 6.07) is 5.72. The second kappa shape index (κ2) is 4.91. The molecule has 1 heterocycles. The minimum Gasteiger partial charge on any atom is -0.366 e. The van der Waals surface area contributed by atoms with Gasteiger partial charge in [-0.2, -0.15) is 5.10 Å². The predicted molar refractivity (Wildman–Crippen MR) is 72.4 cm³/mol. The number of primary amides is 1. The lowest BCUT2D eigenvalue weighted by Gasteiger charge is -2.09. The maximum Gasteiger partial charge on any atom is 0.251 e. The van der Waals surface area contributed by atoms with Gasteiger partial charge >= 0.3 is 0 Å². The van der Waals surface area contributed by atoms with Gasteiger partial charge in [-0.15, -0.1) is 0 Å². The summed E-state index contributed by atoms with van der Waals surface area (Å²) >= 11 is 3.47. The molecule has 0 unspecified atom stereocenters. The summed E-state index contributed by atoms with van der Waals surface area (Å²) in [5.74, 6) is -0.496. The molecule has 0 bridgehead atoms. The average Bonchev–Trinajstić information content (AvgIpc) is 2.78. The number of nitrogens with two attached hydrogens (primary N) is 2. The third-order valence-electron chi connectivity index (χ3n) is 2.61. The highest BCUT2D eigenvalue weighted by atomic mass is 79.9. The molecule has 0 saturated carbocycles. The molecular weight excluding hydrogens is 296 g/mol. The second-order valence-corrected chi connectivity index (χ2v) is 4.89. The number of amides is 1. The van der Waals surface area contributed by atoms with Gasteiger partial charge in [-0.3, -0.25) is 4.79 Å². The Morgan fingerprint density at radius 2 is 2.22 bits per heavy atom. The number of nitrogens with zero attached hydrogens (tertiary/aromatic N) is 2. The van der Waals surface area contributed by atoms with Crippen LogP contribution in [0.2, 0.25) is 0 Å². The van der Waals surface area contributed by atoms with Gasteiger partial charge < -0.3 is 11.5 Å². The Labute approximate surface area is 113 Å². The van der Waals surface area contributed by atoms with Crippen molar-refractivity contribution in [2.75, 3.05) is 0 Å². The van der Waals surface area contributed by atoms with E-state index in [9.17, 15) is 4.79 Å². The molecule has 18 heavy (non-hydrogen) atoms. The highest BCUT2D eigenvalue weighted by molar-refractivity contribution is 9.10. The van der Waals surface area contributed by atoms with E-state index in [0.717, 1.165) is 15.7 Å². The van der Waals surface area contributed by atoms with Crippen molar-refractivity contribution < 1.29 is 4.79 Å². The maximum atomic E-state index is 11.0. The van der Waals surface area contributed by atoms with Gasteiger partial charge in [-0.05, 0) is 40.5 Å². The molecule has 0 fully saturated rings. The number of rotatable bonds is 3. The van der Waals surface area contributed by atoms with Crippen LogP contribution in [0.5, 0.6) is 0 Å². The van der Waals surface area contributed by atoms with Crippen LogP contribution in [0.3, 0.4) is 0 Å². The molecule has 2 aromatic rings. The van der Waals surface area contributed by atoms with Crippen molar-refractivity contribution in [2.24, 2.45) is 11.5 Å². The van der Waals surface area contributed by atoms with Gasteiger partial charge in [0, 0.05) is 16.7 Å². The lowest BCUT2D eigenvalue weighted by atomic mass is 10.1. The number of hydrogen-bond donors (Lipinski definition) is 2. The van der Waals surface area contributed by atoms with E-state index >= 15 is 0 Å². The molecule has 0 aliphatic heterocycles. The van der Waals surface area contributed by atoms with Crippen LogP contribution in [0.15, 0.2) is 35.1 Å². The molecule has 1 aromatic heterocycles. The van der Waals surface area contributed by atoms with Gasteiger partial charge in [0.05, 0.1) is 17.4 Å². The van der Waals surface area contributed by atoms with E-state index < -0.39 is 5.91 Å². The quantitative estimate of drug-likeness (QED) is 0.905. The monoisotopic (exact) mass is 308 g/mol. The van der Waals surface area contributed by atoms with E-state index in [1.54, 1.807) is 10.9 Å². The molecule has 5 nitrogen and oxygen atoms in total. The highest BCUT2D eigenvalue weighted by Crippen LogP contribution is 2.24. The van der Waals surface area contributed by atoms with Crippen molar-refractivity contribution in [1.29, 1.82) is 0 Å². The molecule has 0 aliphatic rings. The first-order valence-corrected chi connectivity index (χ1v) is 6.18. The first kappa shape index (κ1) is 12.8. The Balaban J connectivity index is 2.41. The Bertz CT molecular complexity index is 592. The van der Waals surface area contributed by atoms with E-state index in [0.29, 0.717) is 5.56 Å². The number of halogens is 1. The molecule has 0 spiro atoms. The summed E-state index contributed by atoms with van der Waals surface area (Å²) in [5.41, 5.74) is 13.2. The first-order chi connectivity index (χ1) is 8.49. The van der Waals surface area contributed by atoms with Crippen molar-refractivity contribution in [3.63, 3.8) is 0 Å². The minimum atomic E-state index is -0.496. The fourth-order valence-electron chi connectivity index (χ4n) is 1.57. The number of benzene rings is 1. The van der Waals surface area contributed by atoms with Crippen molar-refractivity contribution in [3.05, 3.63) is 46.2 Å². The third-order valence-corrected chi connectivity index (χ3v) is 3.25. The summed E-state index contributed by atoms with van der Waals surface area (Å²) in [6.07, 6.45) is 3.03. The molecule has 0 radical (unpaired) electrons. The molecule has 1 atom stereocenters. The topological polar surface area (TPSA) is 86.9 Å². The van der Waals surface area contributed by atoms with E-state index in [4.69, 9.17) is 11.5 Å². The summed E-state index contributed by atoms with van der Waals surface area (Å²) in [4.78, 5) is 11.0. The van der Waals surface area contributed by atoms with Gasteiger partial charge in [0.15, 0.2) is 0 Å². The first-order valence-electron chi connectivity index (χ1n) is 5.39. The number of hydrogen-bond acceptors (Lipinski definition) is 3. The smallest absolute Gasteiger partial charge is 0.251 e. The summed E-state index contributed by atoms with van der Waals surface area (Å²) in [5, 5.41) is 4.10. The van der Waals surface area contributed by atoms with Gasteiger partial charge in [0.1, 0.15) is 0 Å². The fourth-order valence-corrected chi connectivity index (χ4v) is 2.15. The molecule has 6 heteroatoms. The Morgan fingerprint density at radius 1 is 1.50 bits per heavy atom. The minimum absolute atomic E-state index is 0.0332. The molecule has 94 valence electrons. The zero-order valence-electron chi connectivity index (χ0n) is 9.80. The average molecular weight is 309 g/mol.